The van der Waals surface area contributed by atoms with Crippen LogP contribution in [0.2, 0.25) is 0 Å². The average Bonchev–Trinajstić information content (AvgIpc) is 2.39. The van der Waals surface area contributed by atoms with Crippen LogP contribution in [-0.2, 0) is 4.74 Å². The van der Waals surface area contributed by atoms with Crippen LogP contribution in [0.5, 0.6) is 0 Å². The molecule has 1 aliphatic heterocycles. The summed E-state index contributed by atoms with van der Waals surface area (Å²) in [5, 5.41) is 2.89. The van der Waals surface area contributed by atoms with Gasteiger partial charge in [-0.15, -0.1) is 0 Å². The first-order chi connectivity index (χ1) is 9.06. The van der Waals surface area contributed by atoms with Crippen molar-refractivity contribution in [1.29, 1.82) is 0 Å². The minimum atomic E-state index is -0.0799. The maximum Gasteiger partial charge on any atom is 0.322 e. The molecule has 1 heterocycles. The molecule has 5 nitrogen and oxygen atoms in total. The molecular weight excluding hydrogens is 242 g/mol. The molecule has 0 bridgehead atoms. The number of hydrogen-bond acceptors (Lipinski definition) is 3. The van der Waals surface area contributed by atoms with E-state index in [1.165, 1.54) is 0 Å². The summed E-state index contributed by atoms with van der Waals surface area (Å²) < 4.78 is 5.41. The Morgan fingerprint density at radius 3 is 2.74 bits per heavy atom. The summed E-state index contributed by atoms with van der Waals surface area (Å²) in [7, 11) is 0. The lowest BCUT2D eigenvalue weighted by atomic mass is 10.1. The van der Waals surface area contributed by atoms with Gasteiger partial charge in [-0.3, -0.25) is 0 Å². The Morgan fingerprint density at radius 1 is 1.47 bits per heavy atom. The summed E-state index contributed by atoms with van der Waals surface area (Å²) >= 11 is 0. The van der Waals surface area contributed by atoms with Gasteiger partial charge in [-0.2, -0.15) is 0 Å². The molecule has 1 aromatic carbocycles. The molecule has 0 saturated carbocycles. The number of ether oxygens (including phenoxy) is 1. The normalized spacial score (nSPS) is 21.0. The zero-order valence-electron chi connectivity index (χ0n) is 11.4. The molecule has 104 valence electrons. The van der Waals surface area contributed by atoms with Gasteiger partial charge in [0.25, 0.3) is 0 Å². The van der Waals surface area contributed by atoms with Crippen molar-refractivity contribution in [2.45, 2.75) is 26.0 Å². The Kier molecular flexibility index (Phi) is 4.39. The zero-order chi connectivity index (χ0) is 13.8. The van der Waals surface area contributed by atoms with Crippen LogP contribution in [0.15, 0.2) is 24.3 Å². The number of morpholine rings is 1. The topological polar surface area (TPSA) is 67.6 Å². The molecule has 1 saturated heterocycles. The fourth-order valence-electron chi connectivity index (χ4n) is 2.08. The first-order valence-corrected chi connectivity index (χ1v) is 6.59. The first-order valence-electron chi connectivity index (χ1n) is 6.59. The standard InChI is InChI=1S/C14H21N3O2/c1-10-9-17(7-8-19-10)14(18)16-13-5-3-12(4-6-13)11(2)15/h3-6,10-11H,7-9,15H2,1-2H3,(H,16,18). The van der Waals surface area contributed by atoms with Crippen LogP contribution >= 0.6 is 0 Å². The summed E-state index contributed by atoms with van der Waals surface area (Å²) in [6, 6.07) is 7.54. The van der Waals surface area contributed by atoms with E-state index in [1.54, 1.807) is 4.90 Å². The largest absolute Gasteiger partial charge is 0.375 e. The molecule has 0 radical (unpaired) electrons. The fraction of sp³-hybridized carbons (Fsp3) is 0.500. The van der Waals surface area contributed by atoms with Gasteiger partial charge in [0.1, 0.15) is 0 Å². The van der Waals surface area contributed by atoms with E-state index in [-0.39, 0.29) is 18.2 Å². The number of nitrogens with two attached hydrogens (primary N) is 1. The molecule has 1 fully saturated rings. The van der Waals surface area contributed by atoms with Crippen LogP contribution in [0, 0.1) is 0 Å². The third-order valence-corrected chi connectivity index (χ3v) is 3.22. The third-order valence-electron chi connectivity index (χ3n) is 3.22. The zero-order valence-corrected chi connectivity index (χ0v) is 11.4. The number of amides is 2. The number of nitrogens with one attached hydrogen (secondary N) is 1. The van der Waals surface area contributed by atoms with Crippen molar-refractivity contribution in [3.05, 3.63) is 29.8 Å². The second-order valence-electron chi connectivity index (χ2n) is 4.97. The van der Waals surface area contributed by atoms with Crippen molar-refractivity contribution in [2.75, 3.05) is 25.0 Å². The lowest BCUT2D eigenvalue weighted by Crippen LogP contribution is -2.46. The van der Waals surface area contributed by atoms with Gasteiger partial charge in [0, 0.05) is 24.8 Å². The van der Waals surface area contributed by atoms with Crippen LogP contribution in [0.3, 0.4) is 0 Å². The molecule has 0 aromatic heterocycles. The number of benzene rings is 1. The quantitative estimate of drug-likeness (QED) is 0.857. The number of urea groups is 1. The average molecular weight is 263 g/mol. The van der Waals surface area contributed by atoms with Crippen LogP contribution < -0.4 is 11.1 Å². The Bertz CT molecular complexity index is 431. The number of carbonyl (C=O) groups is 1. The maximum atomic E-state index is 12.1. The minimum absolute atomic E-state index is 0.00449. The molecule has 0 spiro atoms. The number of rotatable bonds is 2. The molecule has 1 aliphatic rings. The second kappa shape index (κ2) is 6.04. The van der Waals surface area contributed by atoms with Crippen molar-refractivity contribution in [3.8, 4) is 0 Å². The van der Waals surface area contributed by atoms with Crippen LogP contribution in [0.1, 0.15) is 25.5 Å². The lowest BCUT2D eigenvalue weighted by Gasteiger charge is -2.31. The smallest absolute Gasteiger partial charge is 0.322 e. The van der Waals surface area contributed by atoms with Crippen molar-refractivity contribution in [3.63, 3.8) is 0 Å². The Hall–Kier alpha value is -1.59. The Balaban J connectivity index is 1.94. The lowest BCUT2D eigenvalue weighted by molar-refractivity contribution is -0.00138. The Morgan fingerprint density at radius 2 is 2.16 bits per heavy atom. The molecule has 2 amide bonds. The second-order valence-corrected chi connectivity index (χ2v) is 4.97. The molecule has 2 unspecified atom stereocenters. The summed E-state index contributed by atoms with van der Waals surface area (Å²) in [5.41, 5.74) is 7.63. The number of hydrogen-bond donors (Lipinski definition) is 2. The van der Waals surface area contributed by atoms with E-state index in [1.807, 2.05) is 38.1 Å². The van der Waals surface area contributed by atoms with Crippen LogP contribution in [0.25, 0.3) is 0 Å². The summed E-state index contributed by atoms with van der Waals surface area (Å²) in [4.78, 5) is 13.8. The summed E-state index contributed by atoms with van der Waals surface area (Å²) in [5.74, 6) is 0. The van der Waals surface area contributed by atoms with E-state index in [0.717, 1.165) is 11.3 Å². The predicted molar refractivity (Wildman–Crippen MR) is 75.1 cm³/mol. The highest BCUT2D eigenvalue weighted by Crippen LogP contribution is 2.15. The van der Waals surface area contributed by atoms with E-state index >= 15 is 0 Å². The van der Waals surface area contributed by atoms with Crippen LogP contribution in [0.4, 0.5) is 10.5 Å². The summed E-state index contributed by atoms with van der Waals surface area (Å²) in [6.45, 7) is 5.76. The Labute approximate surface area is 113 Å². The van der Waals surface area contributed by atoms with E-state index < -0.39 is 0 Å². The third kappa shape index (κ3) is 3.68. The minimum Gasteiger partial charge on any atom is -0.375 e. The van der Waals surface area contributed by atoms with Crippen molar-refractivity contribution in [2.24, 2.45) is 5.73 Å². The van der Waals surface area contributed by atoms with Crippen molar-refractivity contribution < 1.29 is 9.53 Å². The molecule has 2 atom stereocenters. The molecule has 1 aromatic rings. The molecule has 19 heavy (non-hydrogen) atoms. The predicted octanol–water partition coefficient (Wildman–Crippen LogP) is 1.96. The van der Waals surface area contributed by atoms with E-state index in [2.05, 4.69) is 5.32 Å². The first kappa shape index (κ1) is 13.8. The van der Waals surface area contributed by atoms with Crippen molar-refractivity contribution in [1.82, 2.24) is 4.90 Å². The van der Waals surface area contributed by atoms with Gasteiger partial charge in [0.05, 0.1) is 12.7 Å². The molecule has 3 N–H and O–H groups in total. The van der Waals surface area contributed by atoms with E-state index in [0.29, 0.717) is 19.7 Å². The summed E-state index contributed by atoms with van der Waals surface area (Å²) in [6.07, 6.45) is 0.0972. The van der Waals surface area contributed by atoms with Gasteiger partial charge < -0.3 is 20.7 Å². The SMILES string of the molecule is CC1CN(C(=O)Nc2ccc(C(C)N)cc2)CCO1. The van der Waals surface area contributed by atoms with Gasteiger partial charge in [0.2, 0.25) is 0 Å². The van der Waals surface area contributed by atoms with Gasteiger partial charge >= 0.3 is 6.03 Å². The highest BCUT2D eigenvalue weighted by molar-refractivity contribution is 5.89. The highest BCUT2D eigenvalue weighted by Gasteiger charge is 2.21. The van der Waals surface area contributed by atoms with Gasteiger partial charge in [-0.05, 0) is 31.5 Å². The van der Waals surface area contributed by atoms with Crippen molar-refractivity contribution >= 4 is 11.7 Å². The maximum absolute atomic E-state index is 12.1. The molecule has 5 heteroatoms. The molecule has 2 rings (SSSR count). The van der Waals surface area contributed by atoms with Gasteiger partial charge in [-0.25, -0.2) is 4.79 Å². The van der Waals surface area contributed by atoms with Gasteiger partial charge in [-0.1, -0.05) is 12.1 Å². The number of anilines is 1. The van der Waals surface area contributed by atoms with Gasteiger partial charge in [0.15, 0.2) is 0 Å². The molecular formula is C14H21N3O2. The number of carbonyl (C=O) groups excluding carboxylic acids is 1. The van der Waals surface area contributed by atoms with Crippen LogP contribution in [-0.4, -0.2) is 36.7 Å². The number of nitrogens with zero attached hydrogens (tertiary/aromatic N) is 1. The van der Waals surface area contributed by atoms with E-state index in [9.17, 15) is 4.79 Å². The van der Waals surface area contributed by atoms with E-state index in [4.69, 9.17) is 10.5 Å². The molecule has 0 aliphatic carbocycles. The highest BCUT2D eigenvalue weighted by atomic mass is 16.5. The monoisotopic (exact) mass is 263 g/mol. The fourth-order valence-corrected chi connectivity index (χ4v) is 2.08.